The minimum Gasteiger partial charge on any atom is -0.469 e. The predicted molar refractivity (Wildman–Crippen MR) is 149 cm³/mol. The summed E-state index contributed by atoms with van der Waals surface area (Å²) >= 11 is 0. The highest BCUT2D eigenvalue weighted by Gasteiger charge is 2.39. The molecule has 0 aromatic rings. The van der Waals surface area contributed by atoms with Gasteiger partial charge < -0.3 is 14.5 Å². The van der Waals surface area contributed by atoms with Crippen molar-refractivity contribution in [2.75, 3.05) is 47.4 Å². The third kappa shape index (κ3) is 13.3. The number of rotatable bonds is 21. The molecule has 0 bridgehead atoms. The van der Waals surface area contributed by atoms with Gasteiger partial charge in [0.2, 0.25) is 0 Å². The number of hydrogen-bond donors (Lipinski definition) is 0. The molecule has 0 amide bonds. The Bertz CT molecular complexity index is 548. The number of esters is 1. The van der Waals surface area contributed by atoms with Gasteiger partial charge in [-0.15, -0.1) is 0 Å². The standard InChI is InChI=1S/C30H60N2O2/c1-10-15-17-19-26(12-3)23-31(7)22-21-30(6,14-5)28(29(33)34-9)25-32(8)24-27(13-4)20-18-16-11-2/h13,26,28H,10-12,14-25H2,1-9H3/b27-13+. The van der Waals surface area contributed by atoms with Gasteiger partial charge in [-0.3, -0.25) is 4.79 Å². The van der Waals surface area contributed by atoms with E-state index < -0.39 is 0 Å². The number of ether oxygens (including phenoxy) is 1. The highest BCUT2D eigenvalue weighted by molar-refractivity contribution is 5.73. The summed E-state index contributed by atoms with van der Waals surface area (Å²) in [6, 6.07) is 0. The van der Waals surface area contributed by atoms with E-state index in [1.54, 1.807) is 7.11 Å². The predicted octanol–water partition coefficient (Wildman–Crippen LogP) is 7.58. The average molecular weight is 481 g/mol. The molecule has 0 rings (SSSR count). The summed E-state index contributed by atoms with van der Waals surface area (Å²) in [5.74, 6) is 0.609. The van der Waals surface area contributed by atoms with Crippen LogP contribution in [0, 0.1) is 17.3 Å². The number of unbranched alkanes of at least 4 members (excludes halogenated alkanes) is 4. The molecule has 3 unspecified atom stereocenters. The number of hydrogen-bond acceptors (Lipinski definition) is 4. The molecule has 0 aromatic heterocycles. The van der Waals surface area contributed by atoms with Crippen molar-refractivity contribution in [3.8, 4) is 0 Å². The number of carbonyl (C=O) groups excluding carboxylic acids is 1. The summed E-state index contributed by atoms with van der Waals surface area (Å²) in [5, 5.41) is 0. The Morgan fingerprint density at radius 3 is 2.15 bits per heavy atom. The first kappa shape index (κ1) is 33.1. The monoisotopic (exact) mass is 480 g/mol. The third-order valence-electron chi connectivity index (χ3n) is 8.04. The summed E-state index contributed by atoms with van der Waals surface area (Å²) in [7, 11) is 5.96. The summed E-state index contributed by atoms with van der Waals surface area (Å²) in [6.07, 6.45) is 15.8. The van der Waals surface area contributed by atoms with Gasteiger partial charge in [-0.05, 0) is 71.0 Å². The van der Waals surface area contributed by atoms with Gasteiger partial charge in [0.15, 0.2) is 0 Å². The minimum absolute atomic E-state index is 0.0575. The van der Waals surface area contributed by atoms with E-state index in [1.807, 2.05) is 0 Å². The maximum Gasteiger partial charge on any atom is 0.310 e. The van der Waals surface area contributed by atoms with Crippen molar-refractivity contribution < 1.29 is 9.53 Å². The van der Waals surface area contributed by atoms with Crippen molar-refractivity contribution in [3.05, 3.63) is 11.6 Å². The molecule has 0 aliphatic carbocycles. The van der Waals surface area contributed by atoms with Gasteiger partial charge in [-0.1, -0.05) is 84.8 Å². The fraction of sp³-hybridized carbons (Fsp3) is 0.900. The zero-order valence-corrected chi connectivity index (χ0v) is 24.5. The first-order valence-electron chi connectivity index (χ1n) is 14.3. The number of methoxy groups -OCH3 is 1. The highest BCUT2D eigenvalue weighted by atomic mass is 16.5. The Kier molecular flexibility index (Phi) is 18.8. The molecular formula is C30H60N2O2. The first-order chi connectivity index (χ1) is 16.2. The molecule has 4 heteroatoms. The van der Waals surface area contributed by atoms with Gasteiger partial charge in [0.05, 0.1) is 13.0 Å². The molecule has 202 valence electrons. The van der Waals surface area contributed by atoms with E-state index in [9.17, 15) is 4.79 Å². The van der Waals surface area contributed by atoms with Crippen LogP contribution >= 0.6 is 0 Å². The lowest BCUT2D eigenvalue weighted by Crippen LogP contribution is -2.43. The fourth-order valence-corrected chi connectivity index (χ4v) is 5.04. The fourth-order valence-electron chi connectivity index (χ4n) is 5.04. The molecule has 0 saturated carbocycles. The number of nitrogens with zero attached hydrogens (tertiary/aromatic N) is 2. The molecule has 0 heterocycles. The van der Waals surface area contributed by atoms with Crippen LogP contribution in [0.2, 0.25) is 0 Å². The molecule has 34 heavy (non-hydrogen) atoms. The first-order valence-corrected chi connectivity index (χ1v) is 14.3. The van der Waals surface area contributed by atoms with E-state index >= 15 is 0 Å². The summed E-state index contributed by atoms with van der Waals surface area (Å²) in [5.41, 5.74) is 1.41. The SMILES string of the molecule is C/C=C(\CCCCC)CN(C)CC(C(=O)OC)C(C)(CC)CCN(C)CC(CC)CCCCC. The second kappa shape index (κ2) is 19.3. The maximum absolute atomic E-state index is 13.0. The van der Waals surface area contributed by atoms with Crippen LogP contribution in [0.4, 0.5) is 0 Å². The lowest BCUT2D eigenvalue weighted by molar-refractivity contribution is -0.151. The maximum atomic E-state index is 13.0. The highest BCUT2D eigenvalue weighted by Crippen LogP contribution is 2.37. The third-order valence-corrected chi connectivity index (χ3v) is 8.04. The number of carbonyl (C=O) groups is 1. The van der Waals surface area contributed by atoms with Crippen molar-refractivity contribution in [2.45, 2.75) is 112 Å². The van der Waals surface area contributed by atoms with Crippen LogP contribution in [-0.4, -0.2) is 63.2 Å². The van der Waals surface area contributed by atoms with Gasteiger partial charge in [-0.25, -0.2) is 0 Å². The summed E-state index contributed by atoms with van der Waals surface area (Å²) in [4.78, 5) is 17.8. The van der Waals surface area contributed by atoms with Crippen LogP contribution in [0.1, 0.15) is 112 Å². The van der Waals surface area contributed by atoms with Crippen molar-refractivity contribution in [3.63, 3.8) is 0 Å². The van der Waals surface area contributed by atoms with Crippen LogP contribution in [0.25, 0.3) is 0 Å². The number of allylic oxidation sites excluding steroid dienone is 1. The van der Waals surface area contributed by atoms with Crippen LogP contribution < -0.4 is 0 Å². The van der Waals surface area contributed by atoms with Crippen LogP contribution in [0.5, 0.6) is 0 Å². The molecule has 0 N–H and O–H groups in total. The Labute approximate surface area is 213 Å². The molecule has 0 saturated heterocycles. The normalized spacial score (nSPS) is 16.0. The summed E-state index contributed by atoms with van der Waals surface area (Å²) in [6.45, 7) is 17.4. The Balaban J connectivity index is 5.11. The van der Waals surface area contributed by atoms with E-state index in [2.05, 4.69) is 71.5 Å². The van der Waals surface area contributed by atoms with E-state index in [-0.39, 0.29) is 17.3 Å². The van der Waals surface area contributed by atoms with Crippen molar-refractivity contribution in [2.24, 2.45) is 17.3 Å². The van der Waals surface area contributed by atoms with E-state index in [1.165, 1.54) is 56.9 Å². The van der Waals surface area contributed by atoms with E-state index in [0.717, 1.165) is 51.4 Å². The average Bonchev–Trinajstić information content (AvgIpc) is 2.84. The van der Waals surface area contributed by atoms with Gasteiger partial charge in [0, 0.05) is 19.6 Å². The van der Waals surface area contributed by atoms with Gasteiger partial charge in [0.1, 0.15) is 0 Å². The zero-order valence-electron chi connectivity index (χ0n) is 24.5. The smallest absolute Gasteiger partial charge is 0.310 e. The Morgan fingerprint density at radius 1 is 0.971 bits per heavy atom. The van der Waals surface area contributed by atoms with Gasteiger partial charge in [-0.2, -0.15) is 0 Å². The van der Waals surface area contributed by atoms with Crippen molar-refractivity contribution in [1.29, 1.82) is 0 Å². The molecule has 0 spiro atoms. The molecule has 0 aliphatic heterocycles. The molecule has 0 aromatic carbocycles. The van der Waals surface area contributed by atoms with Crippen LogP contribution in [0.3, 0.4) is 0 Å². The van der Waals surface area contributed by atoms with Gasteiger partial charge in [0.25, 0.3) is 0 Å². The second-order valence-electron chi connectivity index (χ2n) is 11.0. The van der Waals surface area contributed by atoms with E-state index in [4.69, 9.17) is 4.74 Å². The Morgan fingerprint density at radius 2 is 1.62 bits per heavy atom. The molecule has 0 aliphatic rings. The molecule has 0 fully saturated rings. The summed E-state index contributed by atoms with van der Waals surface area (Å²) < 4.78 is 5.32. The van der Waals surface area contributed by atoms with Crippen molar-refractivity contribution in [1.82, 2.24) is 9.80 Å². The molecule has 4 nitrogen and oxygen atoms in total. The quantitative estimate of drug-likeness (QED) is 0.0963. The zero-order chi connectivity index (χ0) is 26.0. The molecular weight excluding hydrogens is 420 g/mol. The minimum atomic E-state index is -0.110. The Hall–Kier alpha value is -0.870. The topological polar surface area (TPSA) is 32.8 Å². The second-order valence-corrected chi connectivity index (χ2v) is 11.0. The van der Waals surface area contributed by atoms with E-state index in [0.29, 0.717) is 0 Å². The molecule has 3 atom stereocenters. The van der Waals surface area contributed by atoms with Crippen molar-refractivity contribution >= 4 is 5.97 Å². The van der Waals surface area contributed by atoms with Crippen LogP contribution in [0.15, 0.2) is 11.6 Å². The molecule has 0 radical (unpaired) electrons. The largest absolute Gasteiger partial charge is 0.469 e. The lowest BCUT2D eigenvalue weighted by Gasteiger charge is -2.39. The van der Waals surface area contributed by atoms with Crippen LogP contribution in [-0.2, 0) is 9.53 Å². The lowest BCUT2D eigenvalue weighted by atomic mass is 9.72. The number of likely N-dealkylation sites (N-methyl/N-ethyl adjacent to an activating group) is 1. The van der Waals surface area contributed by atoms with Gasteiger partial charge >= 0.3 is 5.97 Å².